The molecule has 1 amide bonds. The number of nitrogens with zero attached hydrogens (tertiary/aromatic N) is 3. The number of sulfonamides is 1. The molecule has 2 heterocycles. The predicted octanol–water partition coefficient (Wildman–Crippen LogP) is 3.19. The van der Waals surface area contributed by atoms with Crippen molar-refractivity contribution in [2.24, 2.45) is 0 Å². The molecule has 1 fully saturated rings. The SMILES string of the molecule is CCS(=O)(=O)N1CCC(C(=O)Nc2ccc(-n3ccnc3)cc2)(c2ccccc2)CC1. The van der Waals surface area contributed by atoms with E-state index >= 15 is 0 Å². The largest absolute Gasteiger partial charge is 0.325 e. The monoisotopic (exact) mass is 438 g/mol. The maximum Gasteiger partial charge on any atom is 0.235 e. The van der Waals surface area contributed by atoms with Crippen molar-refractivity contribution in [3.8, 4) is 5.69 Å². The van der Waals surface area contributed by atoms with Crippen LogP contribution in [0.3, 0.4) is 0 Å². The number of rotatable bonds is 6. The summed E-state index contributed by atoms with van der Waals surface area (Å²) >= 11 is 0. The number of piperidine rings is 1. The van der Waals surface area contributed by atoms with E-state index in [4.69, 9.17) is 0 Å². The maximum atomic E-state index is 13.5. The van der Waals surface area contributed by atoms with E-state index in [0.29, 0.717) is 31.6 Å². The molecule has 1 aliphatic heterocycles. The molecule has 0 atom stereocenters. The van der Waals surface area contributed by atoms with Gasteiger partial charge in [-0.1, -0.05) is 30.3 Å². The van der Waals surface area contributed by atoms with Crippen LogP contribution in [0.1, 0.15) is 25.3 Å². The Kier molecular flexibility index (Phi) is 5.93. The maximum absolute atomic E-state index is 13.5. The van der Waals surface area contributed by atoms with Crippen LogP contribution in [0.4, 0.5) is 5.69 Å². The van der Waals surface area contributed by atoms with Gasteiger partial charge < -0.3 is 9.88 Å². The first-order valence-electron chi connectivity index (χ1n) is 10.4. The molecule has 0 bridgehead atoms. The summed E-state index contributed by atoms with van der Waals surface area (Å²) in [5.41, 5.74) is 1.79. The number of benzene rings is 2. The number of anilines is 1. The van der Waals surface area contributed by atoms with E-state index in [1.165, 1.54) is 4.31 Å². The predicted molar refractivity (Wildman–Crippen MR) is 121 cm³/mol. The summed E-state index contributed by atoms with van der Waals surface area (Å²) in [6, 6.07) is 17.2. The van der Waals surface area contributed by atoms with Gasteiger partial charge in [0.1, 0.15) is 0 Å². The van der Waals surface area contributed by atoms with Crippen LogP contribution in [0.5, 0.6) is 0 Å². The van der Waals surface area contributed by atoms with Crippen LogP contribution in [0.25, 0.3) is 5.69 Å². The lowest BCUT2D eigenvalue weighted by Gasteiger charge is -2.40. The van der Waals surface area contributed by atoms with E-state index < -0.39 is 15.4 Å². The first-order chi connectivity index (χ1) is 14.9. The van der Waals surface area contributed by atoms with Crippen LogP contribution >= 0.6 is 0 Å². The molecule has 0 saturated carbocycles. The minimum atomic E-state index is -3.27. The second kappa shape index (κ2) is 8.64. The molecule has 1 aromatic heterocycles. The number of carbonyl (C=O) groups is 1. The van der Waals surface area contributed by atoms with Crippen LogP contribution < -0.4 is 5.32 Å². The number of hydrogen-bond donors (Lipinski definition) is 1. The van der Waals surface area contributed by atoms with Crippen LogP contribution in [0.15, 0.2) is 73.3 Å². The molecule has 8 heteroatoms. The van der Waals surface area contributed by atoms with Gasteiger partial charge in [0.05, 0.1) is 17.5 Å². The number of imidazole rings is 1. The number of nitrogens with one attached hydrogen (secondary N) is 1. The Bertz CT molecular complexity index is 1120. The Morgan fingerprint density at radius 3 is 2.32 bits per heavy atom. The fourth-order valence-corrected chi connectivity index (χ4v) is 5.22. The van der Waals surface area contributed by atoms with Crippen molar-refractivity contribution in [3.05, 3.63) is 78.9 Å². The highest BCUT2D eigenvalue weighted by Gasteiger charge is 2.44. The van der Waals surface area contributed by atoms with Crippen molar-refractivity contribution in [1.82, 2.24) is 13.9 Å². The van der Waals surface area contributed by atoms with E-state index in [1.807, 2.05) is 65.4 Å². The van der Waals surface area contributed by atoms with Gasteiger partial charge in [-0.15, -0.1) is 0 Å². The van der Waals surface area contributed by atoms with Crippen molar-refractivity contribution < 1.29 is 13.2 Å². The summed E-state index contributed by atoms with van der Waals surface area (Å²) in [7, 11) is -3.27. The van der Waals surface area contributed by atoms with Crippen molar-refractivity contribution in [1.29, 1.82) is 0 Å². The fraction of sp³-hybridized carbons (Fsp3) is 0.304. The molecule has 1 N–H and O–H groups in total. The molecule has 3 aromatic rings. The molecular weight excluding hydrogens is 412 g/mol. The minimum Gasteiger partial charge on any atom is -0.325 e. The average molecular weight is 439 g/mol. The normalized spacial score (nSPS) is 16.7. The molecule has 7 nitrogen and oxygen atoms in total. The summed E-state index contributed by atoms with van der Waals surface area (Å²) in [4.78, 5) is 17.6. The second-order valence-electron chi connectivity index (χ2n) is 7.72. The number of amides is 1. The Morgan fingerprint density at radius 1 is 1.06 bits per heavy atom. The summed E-state index contributed by atoms with van der Waals surface area (Å²) in [6.45, 7) is 2.31. The number of carbonyl (C=O) groups excluding carboxylic acids is 1. The molecule has 1 aliphatic rings. The molecular formula is C23H26N4O3S. The van der Waals surface area contributed by atoms with Crippen molar-refractivity contribution in [2.45, 2.75) is 25.2 Å². The number of aromatic nitrogens is 2. The lowest BCUT2D eigenvalue weighted by molar-refractivity contribution is -0.123. The van der Waals surface area contributed by atoms with Crippen LogP contribution in [-0.2, 0) is 20.2 Å². The first-order valence-corrected chi connectivity index (χ1v) is 12.0. The van der Waals surface area contributed by atoms with Gasteiger partial charge in [0.15, 0.2) is 0 Å². The Morgan fingerprint density at radius 2 is 1.74 bits per heavy atom. The van der Waals surface area contributed by atoms with Gasteiger partial charge in [0.25, 0.3) is 0 Å². The summed E-state index contributed by atoms with van der Waals surface area (Å²) in [5, 5.41) is 3.06. The lowest BCUT2D eigenvalue weighted by atomic mass is 9.72. The molecule has 0 spiro atoms. The summed E-state index contributed by atoms with van der Waals surface area (Å²) in [5.74, 6) is -0.0384. The van der Waals surface area contributed by atoms with E-state index in [-0.39, 0.29) is 11.7 Å². The highest BCUT2D eigenvalue weighted by Crippen LogP contribution is 2.37. The average Bonchev–Trinajstić information content (AvgIpc) is 3.35. The second-order valence-corrected chi connectivity index (χ2v) is 9.98. The summed E-state index contributed by atoms with van der Waals surface area (Å²) in [6.07, 6.45) is 6.17. The van der Waals surface area contributed by atoms with E-state index in [2.05, 4.69) is 10.3 Å². The molecule has 2 aromatic carbocycles. The third kappa shape index (κ3) is 4.26. The van der Waals surface area contributed by atoms with Crippen molar-refractivity contribution in [2.75, 3.05) is 24.2 Å². The van der Waals surface area contributed by atoms with Gasteiger partial charge in [-0.3, -0.25) is 4.79 Å². The fourth-order valence-electron chi connectivity index (χ4n) is 4.11. The standard InChI is InChI=1S/C23H26N4O3S/c1-2-31(29,30)27-15-12-23(13-16-27,19-6-4-3-5-7-19)22(28)25-20-8-10-21(11-9-20)26-17-14-24-18-26/h3-11,14,17-18H,2,12-13,15-16H2,1H3,(H,25,28). The Labute approximate surface area is 182 Å². The van der Waals surface area contributed by atoms with Gasteiger partial charge in [-0.2, -0.15) is 0 Å². The third-order valence-electron chi connectivity index (χ3n) is 6.02. The van der Waals surface area contributed by atoms with Crippen LogP contribution in [-0.4, -0.2) is 47.0 Å². The minimum absolute atomic E-state index is 0.0702. The third-order valence-corrected chi connectivity index (χ3v) is 7.90. The molecule has 1 saturated heterocycles. The molecule has 4 rings (SSSR count). The molecule has 0 radical (unpaired) electrons. The Balaban J connectivity index is 1.57. The quantitative estimate of drug-likeness (QED) is 0.641. The zero-order chi connectivity index (χ0) is 21.9. The molecule has 162 valence electrons. The molecule has 31 heavy (non-hydrogen) atoms. The van der Waals surface area contributed by atoms with Crippen molar-refractivity contribution in [3.63, 3.8) is 0 Å². The topological polar surface area (TPSA) is 84.3 Å². The zero-order valence-electron chi connectivity index (χ0n) is 17.4. The highest BCUT2D eigenvalue weighted by atomic mass is 32.2. The van der Waals surface area contributed by atoms with Gasteiger partial charge in [-0.05, 0) is 49.6 Å². The smallest absolute Gasteiger partial charge is 0.235 e. The van der Waals surface area contributed by atoms with E-state index in [9.17, 15) is 13.2 Å². The lowest BCUT2D eigenvalue weighted by Crippen LogP contribution is -2.51. The molecule has 0 unspecified atom stereocenters. The van der Waals surface area contributed by atoms with Gasteiger partial charge in [0, 0.05) is 36.9 Å². The van der Waals surface area contributed by atoms with Crippen LogP contribution in [0, 0.1) is 0 Å². The van der Waals surface area contributed by atoms with Gasteiger partial charge in [0.2, 0.25) is 15.9 Å². The van der Waals surface area contributed by atoms with Gasteiger partial charge in [-0.25, -0.2) is 17.7 Å². The highest BCUT2D eigenvalue weighted by molar-refractivity contribution is 7.89. The number of hydrogen-bond acceptors (Lipinski definition) is 4. The first kappa shape index (κ1) is 21.3. The zero-order valence-corrected chi connectivity index (χ0v) is 18.3. The van der Waals surface area contributed by atoms with Gasteiger partial charge >= 0.3 is 0 Å². The van der Waals surface area contributed by atoms with Crippen LogP contribution in [0.2, 0.25) is 0 Å². The molecule has 0 aliphatic carbocycles. The van der Waals surface area contributed by atoms with E-state index in [1.54, 1.807) is 19.4 Å². The summed E-state index contributed by atoms with van der Waals surface area (Å²) < 4.78 is 28.0. The Hall–Kier alpha value is -2.97. The van der Waals surface area contributed by atoms with Crippen molar-refractivity contribution >= 4 is 21.6 Å². The van der Waals surface area contributed by atoms with E-state index in [0.717, 1.165) is 11.3 Å².